The largest absolute Gasteiger partial charge is 0.451 e. The highest BCUT2D eigenvalue weighted by molar-refractivity contribution is 7.87. The predicted molar refractivity (Wildman–Crippen MR) is 54.4 cm³/mol. The molecule has 0 spiro atoms. The molecule has 0 bridgehead atoms. The van der Waals surface area contributed by atoms with E-state index < -0.39 is 27.2 Å². The Morgan fingerprint density at radius 3 is 2.59 bits per heavy atom. The molecule has 1 rings (SSSR count). The Labute approximate surface area is 97.9 Å². The van der Waals surface area contributed by atoms with E-state index in [9.17, 15) is 22.4 Å². The third-order valence-electron chi connectivity index (χ3n) is 2.60. The lowest BCUT2D eigenvalue weighted by Gasteiger charge is -2.23. The minimum absolute atomic E-state index is 0.215. The van der Waals surface area contributed by atoms with E-state index >= 15 is 0 Å². The molecule has 0 aromatic heterocycles. The fourth-order valence-corrected chi connectivity index (χ4v) is 1.67. The van der Waals surface area contributed by atoms with Gasteiger partial charge in [-0.2, -0.15) is 8.42 Å². The maximum atomic E-state index is 13.4. The lowest BCUT2D eigenvalue weighted by Crippen LogP contribution is -2.43. The topological polar surface area (TPSA) is 97.7 Å². The molecule has 2 unspecified atom stereocenters. The second-order valence-corrected chi connectivity index (χ2v) is 5.71. The van der Waals surface area contributed by atoms with Crippen LogP contribution >= 0.6 is 0 Å². The number of rotatable bonds is 3. The SMILES string of the molecule is CC(F)(C(=O)OC1CCCCC1=O)S(=O)(=O)O. The highest BCUT2D eigenvalue weighted by Crippen LogP contribution is 2.24. The predicted octanol–water partition coefficient (Wildman–Crippen LogP) is 0.615. The molecule has 1 saturated carbocycles. The van der Waals surface area contributed by atoms with E-state index in [-0.39, 0.29) is 18.6 Å². The van der Waals surface area contributed by atoms with Crippen LogP contribution in [0.25, 0.3) is 0 Å². The van der Waals surface area contributed by atoms with Crippen molar-refractivity contribution in [1.82, 2.24) is 0 Å². The molecule has 1 fully saturated rings. The molecule has 0 aromatic carbocycles. The summed E-state index contributed by atoms with van der Waals surface area (Å²) in [5.41, 5.74) is 0. The van der Waals surface area contributed by atoms with Crippen LogP contribution in [0.1, 0.15) is 32.6 Å². The Hall–Kier alpha value is -1.02. The molecule has 1 aliphatic carbocycles. The summed E-state index contributed by atoms with van der Waals surface area (Å²) in [7, 11) is -5.22. The number of halogens is 1. The van der Waals surface area contributed by atoms with Gasteiger partial charge in [0, 0.05) is 6.42 Å². The maximum absolute atomic E-state index is 13.4. The Morgan fingerprint density at radius 1 is 1.53 bits per heavy atom. The van der Waals surface area contributed by atoms with Gasteiger partial charge in [-0.25, -0.2) is 9.18 Å². The zero-order chi connectivity index (χ0) is 13.3. The van der Waals surface area contributed by atoms with Crippen molar-refractivity contribution in [3.63, 3.8) is 0 Å². The molecule has 0 saturated heterocycles. The molecule has 0 aliphatic heterocycles. The number of alkyl halides is 1. The molecule has 0 heterocycles. The Kier molecular flexibility index (Phi) is 3.88. The van der Waals surface area contributed by atoms with E-state index in [1.165, 1.54) is 0 Å². The van der Waals surface area contributed by atoms with Crippen LogP contribution < -0.4 is 0 Å². The van der Waals surface area contributed by atoms with Gasteiger partial charge in [0.25, 0.3) is 0 Å². The first-order chi connectivity index (χ1) is 7.66. The van der Waals surface area contributed by atoms with Gasteiger partial charge < -0.3 is 4.74 Å². The molecule has 8 heteroatoms. The van der Waals surface area contributed by atoms with Crippen molar-refractivity contribution in [2.45, 2.75) is 43.7 Å². The molecule has 0 aromatic rings. The number of ketones is 1. The molecular formula is C9H13FO6S. The first-order valence-corrected chi connectivity index (χ1v) is 6.50. The van der Waals surface area contributed by atoms with E-state index in [0.717, 1.165) is 0 Å². The van der Waals surface area contributed by atoms with E-state index in [1.54, 1.807) is 0 Å². The summed E-state index contributed by atoms with van der Waals surface area (Å²) in [6.07, 6.45) is 0.642. The summed E-state index contributed by atoms with van der Waals surface area (Å²) in [6, 6.07) is 0. The average molecular weight is 268 g/mol. The Morgan fingerprint density at radius 2 is 2.12 bits per heavy atom. The highest BCUT2D eigenvalue weighted by atomic mass is 32.2. The zero-order valence-corrected chi connectivity index (χ0v) is 10.00. The van der Waals surface area contributed by atoms with E-state index in [0.29, 0.717) is 19.8 Å². The third kappa shape index (κ3) is 3.01. The monoisotopic (exact) mass is 268 g/mol. The molecule has 98 valence electrons. The van der Waals surface area contributed by atoms with Gasteiger partial charge in [-0.1, -0.05) is 0 Å². The number of esters is 1. The summed E-state index contributed by atoms with van der Waals surface area (Å²) < 4.78 is 47.7. The van der Waals surface area contributed by atoms with Gasteiger partial charge in [-0.3, -0.25) is 9.35 Å². The summed E-state index contributed by atoms with van der Waals surface area (Å²) >= 11 is 0. The molecule has 2 atom stereocenters. The number of hydrogen-bond acceptors (Lipinski definition) is 5. The first kappa shape index (κ1) is 14.0. The van der Waals surface area contributed by atoms with Crippen LogP contribution in [0.3, 0.4) is 0 Å². The smallest absolute Gasteiger partial charge is 0.362 e. The number of Topliss-reactive ketones (excluding diaryl/α,β-unsaturated/α-hetero) is 1. The third-order valence-corrected chi connectivity index (χ3v) is 3.73. The van der Waals surface area contributed by atoms with Crippen LogP contribution in [0.4, 0.5) is 4.39 Å². The first-order valence-electron chi connectivity index (χ1n) is 5.06. The number of carbonyl (C=O) groups excluding carboxylic acids is 2. The van der Waals surface area contributed by atoms with E-state index in [4.69, 9.17) is 4.55 Å². The minimum Gasteiger partial charge on any atom is -0.451 e. The number of carbonyl (C=O) groups is 2. The maximum Gasteiger partial charge on any atom is 0.362 e. The fraction of sp³-hybridized carbons (Fsp3) is 0.778. The molecule has 1 aliphatic rings. The van der Waals surface area contributed by atoms with Crippen LogP contribution in [0.2, 0.25) is 0 Å². The van der Waals surface area contributed by atoms with Crippen LogP contribution in [0.15, 0.2) is 0 Å². The second kappa shape index (κ2) is 4.69. The highest BCUT2D eigenvalue weighted by Gasteiger charge is 2.49. The van der Waals surface area contributed by atoms with Crippen LogP contribution in [-0.2, 0) is 24.4 Å². The van der Waals surface area contributed by atoms with Crippen molar-refractivity contribution in [1.29, 1.82) is 0 Å². The van der Waals surface area contributed by atoms with E-state index in [1.807, 2.05) is 0 Å². The lowest BCUT2D eigenvalue weighted by atomic mass is 9.96. The minimum atomic E-state index is -5.22. The van der Waals surface area contributed by atoms with Crippen LogP contribution in [-0.4, -0.2) is 35.8 Å². The van der Waals surface area contributed by atoms with Crippen molar-refractivity contribution in [3.05, 3.63) is 0 Å². The Bertz CT molecular complexity index is 427. The van der Waals surface area contributed by atoms with Crippen molar-refractivity contribution in [3.8, 4) is 0 Å². The fourth-order valence-electron chi connectivity index (χ4n) is 1.42. The van der Waals surface area contributed by atoms with Crippen molar-refractivity contribution < 1.29 is 31.7 Å². The molecular weight excluding hydrogens is 255 g/mol. The van der Waals surface area contributed by atoms with Gasteiger partial charge in [-0.05, 0) is 26.2 Å². The molecule has 1 N–H and O–H groups in total. The lowest BCUT2D eigenvalue weighted by molar-refractivity contribution is -0.163. The number of ether oxygens (including phenoxy) is 1. The van der Waals surface area contributed by atoms with Crippen molar-refractivity contribution >= 4 is 21.9 Å². The van der Waals surface area contributed by atoms with Gasteiger partial charge in [0.2, 0.25) is 0 Å². The summed E-state index contributed by atoms with van der Waals surface area (Å²) in [4.78, 5) is 22.5. The second-order valence-electron chi connectivity index (χ2n) is 4.00. The van der Waals surface area contributed by atoms with Gasteiger partial charge in [0.15, 0.2) is 11.9 Å². The quantitative estimate of drug-likeness (QED) is 0.595. The van der Waals surface area contributed by atoms with Gasteiger partial charge >= 0.3 is 21.1 Å². The molecule has 17 heavy (non-hydrogen) atoms. The van der Waals surface area contributed by atoms with Gasteiger partial charge in [0.1, 0.15) is 0 Å². The number of hydrogen-bond donors (Lipinski definition) is 1. The van der Waals surface area contributed by atoms with Crippen molar-refractivity contribution in [2.24, 2.45) is 0 Å². The average Bonchev–Trinajstić information content (AvgIpc) is 2.19. The molecule has 0 radical (unpaired) electrons. The summed E-state index contributed by atoms with van der Waals surface area (Å²) in [5.74, 6) is -2.13. The zero-order valence-electron chi connectivity index (χ0n) is 9.18. The summed E-state index contributed by atoms with van der Waals surface area (Å²) in [6.45, 7) is 0.373. The van der Waals surface area contributed by atoms with E-state index in [2.05, 4.69) is 4.74 Å². The molecule has 0 amide bonds. The van der Waals surface area contributed by atoms with Crippen LogP contribution in [0.5, 0.6) is 0 Å². The van der Waals surface area contributed by atoms with Gasteiger partial charge in [-0.15, -0.1) is 0 Å². The standard InChI is InChI=1S/C9H13FO6S/c1-9(10,17(13,14)15)8(12)16-7-5-3-2-4-6(7)11/h7H,2-5H2,1H3,(H,13,14,15). The normalized spacial score (nSPS) is 25.1. The van der Waals surface area contributed by atoms with Crippen molar-refractivity contribution in [2.75, 3.05) is 0 Å². The molecule has 6 nitrogen and oxygen atoms in total. The Balaban J connectivity index is 2.75. The van der Waals surface area contributed by atoms with Crippen LogP contribution in [0, 0.1) is 0 Å². The summed E-state index contributed by atoms with van der Waals surface area (Å²) in [5, 5.41) is -3.55. The van der Waals surface area contributed by atoms with Gasteiger partial charge in [0.05, 0.1) is 0 Å².